The van der Waals surface area contributed by atoms with E-state index in [0.717, 1.165) is 23.5 Å². The zero-order valence-corrected chi connectivity index (χ0v) is 15.7. The molecule has 0 fully saturated rings. The Kier molecular flexibility index (Phi) is 7.96. The molecule has 0 unspecified atom stereocenters. The van der Waals surface area contributed by atoms with Crippen LogP contribution in [0.1, 0.15) is 18.9 Å². The van der Waals surface area contributed by atoms with E-state index in [1.54, 1.807) is 26.4 Å². The Labute approximate surface area is 158 Å². The molecule has 2 rings (SSSR count). The molecule has 0 saturated carbocycles. The van der Waals surface area contributed by atoms with Crippen molar-refractivity contribution < 1.29 is 23.7 Å². The van der Waals surface area contributed by atoms with Gasteiger partial charge in [-0.25, -0.2) is 5.43 Å². The summed E-state index contributed by atoms with van der Waals surface area (Å²) in [5.41, 5.74) is 3.14. The minimum absolute atomic E-state index is 0.227. The zero-order chi connectivity index (χ0) is 19.5. The van der Waals surface area contributed by atoms with Gasteiger partial charge in [-0.05, 0) is 48.0 Å². The topological polar surface area (TPSA) is 78.4 Å². The number of carbonyl (C=O) groups is 1. The first kappa shape index (κ1) is 20.1. The van der Waals surface area contributed by atoms with Gasteiger partial charge in [0.05, 0.1) is 33.6 Å². The first-order chi connectivity index (χ1) is 13.1. The van der Waals surface area contributed by atoms with E-state index in [-0.39, 0.29) is 5.91 Å². The van der Waals surface area contributed by atoms with Crippen LogP contribution in [0, 0.1) is 0 Å². The van der Waals surface area contributed by atoms with E-state index in [4.69, 9.17) is 18.9 Å². The third kappa shape index (κ3) is 6.89. The van der Waals surface area contributed by atoms with Gasteiger partial charge in [-0.2, -0.15) is 5.10 Å². The number of hydrogen-bond acceptors (Lipinski definition) is 6. The minimum atomic E-state index is -0.227. The number of carbonyl (C=O) groups excluding carboxylic acids is 1. The van der Waals surface area contributed by atoms with Crippen molar-refractivity contribution in [3.63, 3.8) is 0 Å². The molecule has 2 aromatic rings. The molecular weight excluding hydrogens is 348 g/mol. The van der Waals surface area contributed by atoms with E-state index in [1.807, 2.05) is 30.3 Å². The minimum Gasteiger partial charge on any atom is -0.497 e. The molecule has 0 bridgehead atoms. The van der Waals surface area contributed by atoms with Crippen LogP contribution in [-0.2, 0) is 4.79 Å². The third-order valence-electron chi connectivity index (χ3n) is 3.50. The molecule has 0 aliphatic carbocycles. The Hall–Kier alpha value is -3.22. The smallest absolute Gasteiger partial charge is 0.236 e. The predicted octanol–water partition coefficient (Wildman–Crippen LogP) is 3.02. The lowest BCUT2D eigenvalue weighted by Crippen LogP contribution is -2.12. The summed E-state index contributed by atoms with van der Waals surface area (Å²) in [6.07, 6.45) is 2.26. The number of benzene rings is 2. The second kappa shape index (κ2) is 10.7. The van der Waals surface area contributed by atoms with Crippen LogP contribution in [0.2, 0.25) is 0 Å². The van der Waals surface area contributed by atoms with Gasteiger partial charge in [0.15, 0.2) is 11.5 Å². The summed E-state index contributed by atoms with van der Waals surface area (Å²) in [5.74, 6) is 2.59. The van der Waals surface area contributed by atoms with E-state index in [2.05, 4.69) is 10.5 Å². The molecule has 0 radical (unpaired) electrons. The Morgan fingerprint density at radius 1 is 0.963 bits per heavy atom. The summed E-state index contributed by atoms with van der Waals surface area (Å²) >= 11 is 0. The highest BCUT2D eigenvalue weighted by molar-refractivity contribution is 5.82. The number of nitrogens with zero attached hydrogens (tertiary/aromatic N) is 1. The number of ether oxygens (including phenoxy) is 4. The van der Waals surface area contributed by atoms with Gasteiger partial charge in [0.1, 0.15) is 11.5 Å². The van der Waals surface area contributed by atoms with Gasteiger partial charge in [-0.1, -0.05) is 0 Å². The maximum atomic E-state index is 10.8. The van der Waals surface area contributed by atoms with Gasteiger partial charge >= 0.3 is 0 Å². The summed E-state index contributed by atoms with van der Waals surface area (Å²) < 4.78 is 21.9. The van der Waals surface area contributed by atoms with Gasteiger partial charge in [0, 0.05) is 13.3 Å². The summed E-state index contributed by atoms with van der Waals surface area (Å²) in [6.45, 7) is 2.43. The maximum Gasteiger partial charge on any atom is 0.236 e. The number of amides is 1. The number of hydrogen-bond donors (Lipinski definition) is 1. The molecule has 0 saturated heterocycles. The van der Waals surface area contributed by atoms with Crippen LogP contribution in [0.4, 0.5) is 0 Å². The van der Waals surface area contributed by atoms with Crippen molar-refractivity contribution in [3.8, 4) is 23.0 Å². The Bertz CT molecular complexity index is 759. The van der Waals surface area contributed by atoms with Crippen LogP contribution in [0.3, 0.4) is 0 Å². The van der Waals surface area contributed by atoms with Gasteiger partial charge in [0.2, 0.25) is 5.91 Å². The molecule has 2 aromatic carbocycles. The average molecular weight is 372 g/mol. The van der Waals surface area contributed by atoms with E-state index in [0.29, 0.717) is 24.7 Å². The van der Waals surface area contributed by atoms with Crippen molar-refractivity contribution in [2.75, 3.05) is 27.4 Å². The molecule has 0 aliphatic rings. The van der Waals surface area contributed by atoms with Crippen molar-refractivity contribution in [3.05, 3.63) is 48.0 Å². The van der Waals surface area contributed by atoms with Crippen molar-refractivity contribution >= 4 is 12.1 Å². The van der Waals surface area contributed by atoms with Crippen LogP contribution in [0.15, 0.2) is 47.6 Å². The van der Waals surface area contributed by atoms with Crippen molar-refractivity contribution in [2.24, 2.45) is 5.10 Å². The first-order valence-corrected chi connectivity index (χ1v) is 8.49. The van der Waals surface area contributed by atoms with Crippen molar-refractivity contribution in [2.45, 2.75) is 13.3 Å². The fourth-order valence-electron chi connectivity index (χ4n) is 2.18. The molecule has 0 atom stereocenters. The summed E-state index contributed by atoms with van der Waals surface area (Å²) in [7, 11) is 3.20. The molecule has 0 aromatic heterocycles. The normalized spacial score (nSPS) is 10.5. The average Bonchev–Trinajstić information content (AvgIpc) is 2.68. The number of hydrazone groups is 1. The van der Waals surface area contributed by atoms with Crippen LogP contribution in [0.5, 0.6) is 23.0 Å². The molecular formula is C20H24N2O5. The molecule has 1 amide bonds. The van der Waals surface area contributed by atoms with Crippen molar-refractivity contribution in [1.29, 1.82) is 0 Å². The molecule has 1 N–H and O–H groups in total. The summed E-state index contributed by atoms with van der Waals surface area (Å²) in [5, 5.41) is 3.83. The van der Waals surface area contributed by atoms with Crippen LogP contribution < -0.4 is 24.4 Å². The quantitative estimate of drug-likeness (QED) is 0.394. The fourth-order valence-corrected chi connectivity index (χ4v) is 2.18. The lowest BCUT2D eigenvalue weighted by atomic mass is 10.2. The number of methoxy groups -OCH3 is 2. The zero-order valence-electron chi connectivity index (χ0n) is 15.7. The first-order valence-electron chi connectivity index (χ1n) is 8.49. The summed E-state index contributed by atoms with van der Waals surface area (Å²) in [4.78, 5) is 10.8. The second-order valence-corrected chi connectivity index (χ2v) is 5.56. The molecule has 0 spiro atoms. The van der Waals surface area contributed by atoms with Crippen LogP contribution in [0.25, 0.3) is 0 Å². The molecule has 0 heterocycles. The molecule has 7 heteroatoms. The Morgan fingerprint density at radius 2 is 1.67 bits per heavy atom. The highest BCUT2D eigenvalue weighted by atomic mass is 16.5. The van der Waals surface area contributed by atoms with E-state index < -0.39 is 0 Å². The van der Waals surface area contributed by atoms with Crippen molar-refractivity contribution in [1.82, 2.24) is 5.43 Å². The number of rotatable bonds is 10. The highest BCUT2D eigenvalue weighted by Gasteiger charge is 2.05. The standard InChI is InChI=1S/C20H24N2O5/c1-15(23)22-21-14-16-5-10-19(20(13-16)25-3)27-12-4-11-26-18-8-6-17(24-2)7-9-18/h5-10,13-14H,4,11-12H2,1-3H3,(H,22,23)/b21-14+. The number of nitrogens with one attached hydrogen (secondary N) is 1. The largest absolute Gasteiger partial charge is 0.497 e. The highest BCUT2D eigenvalue weighted by Crippen LogP contribution is 2.27. The van der Waals surface area contributed by atoms with Crippen LogP contribution in [-0.4, -0.2) is 39.6 Å². The monoisotopic (exact) mass is 372 g/mol. The Balaban J connectivity index is 1.78. The van der Waals surface area contributed by atoms with E-state index >= 15 is 0 Å². The second-order valence-electron chi connectivity index (χ2n) is 5.56. The SMILES string of the molecule is COc1ccc(OCCCOc2ccc(/C=N/NC(C)=O)cc2OC)cc1. The Morgan fingerprint density at radius 3 is 2.33 bits per heavy atom. The van der Waals surface area contributed by atoms with Crippen LogP contribution >= 0.6 is 0 Å². The lowest BCUT2D eigenvalue weighted by molar-refractivity contribution is -0.118. The van der Waals surface area contributed by atoms with E-state index in [9.17, 15) is 4.79 Å². The van der Waals surface area contributed by atoms with Gasteiger partial charge < -0.3 is 18.9 Å². The molecule has 144 valence electrons. The third-order valence-corrected chi connectivity index (χ3v) is 3.50. The van der Waals surface area contributed by atoms with E-state index in [1.165, 1.54) is 13.1 Å². The molecule has 27 heavy (non-hydrogen) atoms. The predicted molar refractivity (Wildman–Crippen MR) is 103 cm³/mol. The summed E-state index contributed by atoms with van der Waals surface area (Å²) in [6, 6.07) is 12.9. The lowest BCUT2D eigenvalue weighted by Gasteiger charge is -2.12. The van der Waals surface area contributed by atoms with Gasteiger partial charge in [0.25, 0.3) is 0 Å². The molecule has 7 nitrogen and oxygen atoms in total. The molecule has 0 aliphatic heterocycles. The fraction of sp³-hybridized carbons (Fsp3) is 0.300. The maximum absolute atomic E-state index is 10.8. The van der Waals surface area contributed by atoms with Gasteiger partial charge in [-0.3, -0.25) is 4.79 Å². The van der Waals surface area contributed by atoms with Gasteiger partial charge in [-0.15, -0.1) is 0 Å².